The molecule has 0 radical (unpaired) electrons. The summed E-state index contributed by atoms with van der Waals surface area (Å²) >= 11 is 0. The lowest BCUT2D eigenvalue weighted by molar-refractivity contribution is 0.172. The zero-order valence-electron chi connectivity index (χ0n) is 13.1. The second-order valence-electron chi connectivity index (χ2n) is 6.03. The lowest BCUT2D eigenvalue weighted by Crippen LogP contribution is -2.34. The van der Waals surface area contributed by atoms with E-state index in [-0.39, 0.29) is 12.4 Å². The smallest absolute Gasteiger partial charge is 0.0233 e. The van der Waals surface area contributed by atoms with E-state index in [1.54, 1.807) is 0 Å². The Morgan fingerprint density at radius 2 is 1.85 bits per heavy atom. The maximum Gasteiger partial charge on any atom is 0.0233 e. The van der Waals surface area contributed by atoms with Crippen molar-refractivity contribution < 1.29 is 0 Å². The van der Waals surface area contributed by atoms with Crippen molar-refractivity contribution in [3.8, 4) is 0 Å². The van der Waals surface area contributed by atoms with Gasteiger partial charge in [0, 0.05) is 6.54 Å². The maximum atomic E-state index is 3.26. The Balaban J connectivity index is 0.00000200. The molecule has 0 unspecified atom stereocenters. The molecule has 1 N–H and O–H groups in total. The van der Waals surface area contributed by atoms with E-state index in [0.717, 1.165) is 12.5 Å². The third kappa shape index (κ3) is 5.08. The van der Waals surface area contributed by atoms with Gasteiger partial charge in [-0.25, -0.2) is 0 Å². The molecule has 0 aliphatic carbocycles. The minimum Gasteiger partial charge on any atom is -0.320 e. The number of likely N-dealkylation sites (tertiary alicyclic amines) is 1. The van der Waals surface area contributed by atoms with Gasteiger partial charge >= 0.3 is 0 Å². The number of aryl methyl sites for hydroxylation is 2. The Labute approximate surface area is 130 Å². The second-order valence-corrected chi connectivity index (χ2v) is 6.03. The zero-order chi connectivity index (χ0) is 13.7. The van der Waals surface area contributed by atoms with Crippen molar-refractivity contribution in [3.63, 3.8) is 0 Å². The maximum absolute atomic E-state index is 3.26. The highest BCUT2D eigenvalue weighted by atomic mass is 35.5. The summed E-state index contributed by atoms with van der Waals surface area (Å²) in [5.41, 5.74) is 4.28. The van der Waals surface area contributed by atoms with Gasteiger partial charge in [0.2, 0.25) is 0 Å². The number of hydrogen-bond acceptors (Lipinski definition) is 2. The van der Waals surface area contributed by atoms with Crippen LogP contribution in [0.2, 0.25) is 0 Å². The molecule has 1 aliphatic heterocycles. The molecule has 0 spiro atoms. The van der Waals surface area contributed by atoms with Gasteiger partial charge in [-0.15, -0.1) is 12.4 Å². The predicted molar refractivity (Wildman–Crippen MR) is 89.7 cm³/mol. The van der Waals surface area contributed by atoms with Gasteiger partial charge in [0.1, 0.15) is 0 Å². The number of piperidine rings is 1. The van der Waals surface area contributed by atoms with E-state index in [2.05, 4.69) is 49.3 Å². The quantitative estimate of drug-likeness (QED) is 0.894. The minimum atomic E-state index is 0. The summed E-state index contributed by atoms with van der Waals surface area (Å²) in [7, 11) is 2.05. The normalized spacial score (nSPS) is 16.9. The molecule has 0 amide bonds. The van der Waals surface area contributed by atoms with Crippen LogP contribution >= 0.6 is 12.4 Å². The second kappa shape index (κ2) is 8.66. The first-order valence-electron chi connectivity index (χ1n) is 7.62. The van der Waals surface area contributed by atoms with E-state index < -0.39 is 0 Å². The lowest BCUT2D eigenvalue weighted by atomic mass is 9.93. The van der Waals surface area contributed by atoms with Gasteiger partial charge in [-0.3, -0.25) is 4.90 Å². The van der Waals surface area contributed by atoms with Gasteiger partial charge in [-0.2, -0.15) is 0 Å². The van der Waals surface area contributed by atoms with Crippen LogP contribution in [0.3, 0.4) is 0 Å². The lowest BCUT2D eigenvalue weighted by Gasteiger charge is -2.32. The van der Waals surface area contributed by atoms with Crippen LogP contribution in [0.15, 0.2) is 18.2 Å². The average Bonchev–Trinajstić information content (AvgIpc) is 2.42. The molecule has 0 bridgehead atoms. The third-order valence-corrected chi connectivity index (χ3v) is 4.49. The fourth-order valence-electron chi connectivity index (χ4n) is 2.94. The molecular formula is C17H29ClN2. The largest absolute Gasteiger partial charge is 0.320 e. The Morgan fingerprint density at radius 3 is 2.45 bits per heavy atom. The van der Waals surface area contributed by atoms with Crippen LogP contribution in [0.1, 0.15) is 36.0 Å². The van der Waals surface area contributed by atoms with Gasteiger partial charge in [0.25, 0.3) is 0 Å². The summed E-state index contributed by atoms with van der Waals surface area (Å²) in [5, 5.41) is 3.26. The summed E-state index contributed by atoms with van der Waals surface area (Å²) in [6.07, 6.45) is 4.08. The Bertz CT molecular complexity index is 398. The highest BCUT2D eigenvalue weighted by molar-refractivity contribution is 5.85. The van der Waals surface area contributed by atoms with Gasteiger partial charge in [0.15, 0.2) is 0 Å². The SMILES string of the molecule is CNCCC1CCN(Cc2ccc(C)c(C)c2)CC1.Cl. The van der Waals surface area contributed by atoms with Crippen LogP contribution in [0.5, 0.6) is 0 Å². The number of nitrogens with zero attached hydrogens (tertiary/aromatic N) is 1. The first kappa shape index (κ1) is 17.5. The number of nitrogens with one attached hydrogen (secondary N) is 1. The van der Waals surface area contributed by atoms with Crippen LogP contribution in [0, 0.1) is 19.8 Å². The third-order valence-electron chi connectivity index (χ3n) is 4.49. The molecule has 2 nitrogen and oxygen atoms in total. The fraction of sp³-hybridized carbons (Fsp3) is 0.647. The molecule has 2 rings (SSSR count). The number of rotatable bonds is 5. The molecule has 1 fully saturated rings. The molecule has 1 heterocycles. The monoisotopic (exact) mass is 296 g/mol. The van der Waals surface area contributed by atoms with Crippen molar-refractivity contribution in [2.45, 2.75) is 39.7 Å². The van der Waals surface area contributed by atoms with E-state index in [0.29, 0.717) is 0 Å². The van der Waals surface area contributed by atoms with Crippen molar-refractivity contribution in [1.82, 2.24) is 10.2 Å². The van der Waals surface area contributed by atoms with Crippen molar-refractivity contribution >= 4 is 12.4 Å². The Morgan fingerprint density at radius 1 is 1.15 bits per heavy atom. The summed E-state index contributed by atoms with van der Waals surface area (Å²) in [6, 6.07) is 6.89. The molecular weight excluding hydrogens is 268 g/mol. The van der Waals surface area contributed by atoms with Crippen LogP contribution in [-0.2, 0) is 6.54 Å². The van der Waals surface area contributed by atoms with Crippen molar-refractivity contribution in [2.24, 2.45) is 5.92 Å². The van der Waals surface area contributed by atoms with E-state index >= 15 is 0 Å². The number of hydrogen-bond donors (Lipinski definition) is 1. The van der Waals surface area contributed by atoms with Gasteiger partial charge in [-0.1, -0.05) is 18.2 Å². The van der Waals surface area contributed by atoms with Crippen LogP contribution < -0.4 is 5.32 Å². The topological polar surface area (TPSA) is 15.3 Å². The molecule has 20 heavy (non-hydrogen) atoms. The molecule has 0 aromatic heterocycles. The average molecular weight is 297 g/mol. The standard InChI is InChI=1S/C17H28N2.ClH/c1-14-4-5-17(12-15(14)2)13-19-10-7-16(8-11-19)6-9-18-3;/h4-5,12,16,18H,6-11,13H2,1-3H3;1H. The molecule has 3 heteroatoms. The molecule has 1 aromatic rings. The first-order chi connectivity index (χ1) is 9.19. The number of halogens is 1. The van der Waals surface area contributed by atoms with Crippen molar-refractivity contribution in [1.29, 1.82) is 0 Å². The summed E-state index contributed by atoms with van der Waals surface area (Å²) in [6.45, 7) is 9.22. The van der Waals surface area contributed by atoms with Crippen LogP contribution in [0.4, 0.5) is 0 Å². The van der Waals surface area contributed by atoms with Gasteiger partial charge in [-0.05, 0) is 82.4 Å². The Kier molecular flexibility index (Phi) is 7.57. The Hall–Kier alpha value is -0.570. The van der Waals surface area contributed by atoms with E-state index in [1.165, 1.54) is 55.6 Å². The zero-order valence-corrected chi connectivity index (χ0v) is 13.9. The fourth-order valence-corrected chi connectivity index (χ4v) is 2.94. The van der Waals surface area contributed by atoms with Gasteiger partial charge < -0.3 is 5.32 Å². The van der Waals surface area contributed by atoms with E-state index in [9.17, 15) is 0 Å². The van der Waals surface area contributed by atoms with Crippen molar-refractivity contribution in [2.75, 3.05) is 26.7 Å². The van der Waals surface area contributed by atoms with Gasteiger partial charge in [0.05, 0.1) is 0 Å². The minimum absolute atomic E-state index is 0. The molecule has 0 saturated carbocycles. The molecule has 114 valence electrons. The molecule has 1 aromatic carbocycles. The highest BCUT2D eigenvalue weighted by Gasteiger charge is 2.18. The summed E-state index contributed by atoms with van der Waals surface area (Å²) in [5.74, 6) is 0.934. The molecule has 0 atom stereocenters. The summed E-state index contributed by atoms with van der Waals surface area (Å²) < 4.78 is 0. The van der Waals surface area contributed by atoms with E-state index in [4.69, 9.17) is 0 Å². The van der Waals surface area contributed by atoms with Crippen LogP contribution in [-0.4, -0.2) is 31.6 Å². The first-order valence-corrected chi connectivity index (χ1v) is 7.62. The van der Waals surface area contributed by atoms with E-state index in [1.807, 2.05) is 0 Å². The molecule has 1 aliphatic rings. The number of benzene rings is 1. The highest BCUT2D eigenvalue weighted by Crippen LogP contribution is 2.22. The van der Waals surface area contributed by atoms with Crippen LogP contribution in [0.25, 0.3) is 0 Å². The van der Waals surface area contributed by atoms with Crippen molar-refractivity contribution in [3.05, 3.63) is 34.9 Å². The predicted octanol–water partition coefficient (Wildman–Crippen LogP) is 3.55. The summed E-state index contributed by atoms with van der Waals surface area (Å²) in [4.78, 5) is 2.61. The molecule has 1 saturated heterocycles.